The molecule has 1 amide bonds. The largest absolute Gasteiger partial charge is 0.416 e. The van der Waals surface area contributed by atoms with Gasteiger partial charge in [0.1, 0.15) is 0 Å². The van der Waals surface area contributed by atoms with Gasteiger partial charge in [-0.05, 0) is 25.0 Å². The molecule has 2 unspecified atom stereocenters. The summed E-state index contributed by atoms with van der Waals surface area (Å²) in [6, 6.07) is 4.69. The van der Waals surface area contributed by atoms with Crippen LogP contribution in [0.1, 0.15) is 57.5 Å². The molecule has 6 nitrogen and oxygen atoms in total. The second-order valence-electron chi connectivity index (χ2n) is 8.23. The molecule has 2 aromatic rings. The van der Waals surface area contributed by atoms with E-state index in [0.29, 0.717) is 44.4 Å². The van der Waals surface area contributed by atoms with Gasteiger partial charge in [-0.1, -0.05) is 44.0 Å². The van der Waals surface area contributed by atoms with Crippen LogP contribution in [0.25, 0.3) is 11.4 Å². The molecule has 31 heavy (non-hydrogen) atoms. The Bertz CT molecular complexity index is 876. The summed E-state index contributed by atoms with van der Waals surface area (Å²) in [7, 11) is 0. The third-order valence-corrected chi connectivity index (χ3v) is 5.77. The number of hydrogen-bond donors (Lipinski definition) is 0. The van der Waals surface area contributed by atoms with Crippen molar-refractivity contribution in [2.45, 2.75) is 52.3 Å². The van der Waals surface area contributed by atoms with Gasteiger partial charge in [-0.2, -0.15) is 18.2 Å². The lowest BCUT2D eigenvalue weighted by atomic mass is 10.0. The minimum Gasteiger partial charge on any atom is -0.340 e. The normalized spacial score (nSPS) is 17.5. The van der Waals surface area contributed by atoms with Crippen molar-refractivity contribution in [3.63, 3.8) is 0 Å². The van der Waals surface area contributed by atoms with Crippen LogP contribution >= 0.6 is 0 Å². The summed E-state index contributed by atoms with van der Waals surface area (Å²) in [6.07, 6.45) is -1.73. The fourth-order valence-electron chi connectivity index (χ4n) is 3.89. The van der Waals surface area contributed by atoms with Crippen LogP contribution in [0.5, 0.6) is 0 Å². The second-order valence-corrected chi connectivity index (χ2v) is 8.23. The van der Waals surface area contributed by atoms with Crippen molar-refractivity contribution in [2.75, 3.05) is 26.2 Å². The Labute approximate surface area is 180 Å². The number of nitrogens with zero attached hydrogens (tertiary/aromatic N) is 4. The quantitative estimate of drug-likeness (QED) is 0.622. The Kier molecular flexibility index (Phi) is 7.35. The molecular formula is C22H29F3N4O2. The Morgan fingerprint density at radius 1 is 1.19 bits per heavy atom. The van der Waals surface area contributed by atoms with E-state index < -0.39 is 11.7 Å². The van der Waals surface area contributed by atoms with E-state index in [1.54, 1.807) is 0 Å². The van der Waals surface area contributed by atoms with E-state index in [1.165, 1.54) is 12.1 Å². The van der Waals surface area contributed by atoms with Crippen molar-refractivity contribution < 1.29 is 22.5 Å². The number of amides is 1. The highest BCUT2D eigenvalue weighted by Gasteiger charge is 2.31. The first-order chi connectivity index (χ1) is 14.7. The molecular weight excluding hydrogens is 409 g/mol. The Morgan fingerprint density at radius 3 is 2.55 bits per heavy atom. The van der Waals surface area contributed by atoms with Gasteiger partial charge >= 0.3 is 6.18 Å². The maximum Gasteiger partial charge on any atom is 0.416 e. The van der Waals surface area contributed by atoms with Gasteiger partial charge in [0.2, 0.25) is 17.6 Å². The van der Waals surface area contributed by atoms with Gasteiger partial charge in [-0.3, -0.25) is 9.69 Å². The van der Waals surface area contributed by atoms with E-state index in [2.05, 4.69) is 28.9 Å². The van der Waals surface area contributed by atoms with Gasteiger partial charge in [0.25, 0.3) is 0 Å². The lowest BCUT2D eigenvalue weighted by Crippen LogP contribution is -2.49. The maximum atomic E-state index is 13.0. The molecule has 1 aromatic carbocycles. The molecule has 2 heterocycles. The number of aromatic nitrogens is 2. The van der Waals surface area contributed by atoms with Crippen LogP contribution in [0.15, 0.2) is 28.8 Å². The number of carbonyl (C=O) groups excluding carboxylic acids is 1. The van der Waals surface area contributed by atoms with Gasteiger partial charge in [0.15, 0.2) is 0 Å². The predicted molar refractivity (Wildman–Crippen MR) is 110 cm³/mol. The number of halogens is 3. The number of rotatable bonds is 7. The first kappa shape index (κ1) is 23.2. The summed E-state index contributed by atoms with van der Waals surface area (Å²) >= 11 is 0. The fourth-order valence-corrected chi connectivity index (χ4v) is 3.89. The zero-order chi connectivity index (χ0) is 22.6. The standard InChI is InChI=1S/C22H29F3N4O2/c1-4-6-15(2)13-19(30)29-11-9-28(10-12-29)16(3)21-26-20(27-31-21)17-7-5-8-18(14-17)22(23,24)25/h5,7-8,14-16H,4,6,9-13H2,1-3H3. The fraction of sp³-hybridized carbons (Fsp3) is 0.591. The minimum atomic E-state index is -4.43. The molecule has 1 saturated heterocycles. The lowest BCUT2D eigenvalue weighted by Gasteiger charge is -2.37. The van der Waals surface area contributed by atoms with Crippen LogP contribution in [0.2, 0.25) is 0 Å². The summed E-state index contributed by atoms with van der Waals surface area (Å²) in [4.78, 5) is 20.8. The van der Waals surface area contributed by atoms with E-state index in [9.17, 15) is 18.0 Å². The van der Waals surface area contributed by atoms with E-state index in [-0.39, 0.29) is 23.3 Å². The highest BCUT2D eigenvalue weighted by Crippen LogP contribution is 2.32. The summed E-state index contributed by atoms with van der Waals surface area (Å²) < 4.78 is 44.2. The average molecular weight is 438 g/mol. The third kappa shape index (κ3) is 5.84. The van der Waals surface area contributed by atoms with Crippen LogP contribution in [0.3, 0.4) is 0 Å². The number of carbonyl (C=O) groups is 1. The van der Waals surface area contributed by atoms with E-state index in [1.807, 2.05) is 11.8 Å². The van der Waals surface area contributed by atoms with Gasteiger partial charge in [-0.15, -0.1) is 0 Å². The molecule has 9 heteroatoms. The smallest absolute Gasteiger partial charge is 0.340 e. The second kappa shape index (κ2) is 9.80. The first-order valence-electron chi connectivity index (χ1n) is 10.7. The van der Waals surface area contributed by atoms with Gasteiger partial charge in [0.05, 0.1) is 11.6 Å². The van der Waals surface area contributed by atoms with E-state index in [0.717, 1.165) is 25.0 Å². The van der Waals surface area contributed by atoms with Crippen LogP contribution in [-0.4, -0.2) is 52.0 Å². The van der Waals surface area contributed by atoms with Crippen molar-refractivity contribution in [3.05, 3.63) is 35.7 Å². The molecule has 0 N–H and O–H groups in total. The average Bonchev–Trinajstić information content (AvgIpc) is 3.23. The van der Waals surface area contributed by atoms with Gasteiger partial charge < -0.3 is 9.42 Å². The van der Waals surface area contributed by atoms with Crippen molar-refractivity contribution in [1.29, 1.82) is 0 Å². The molecule has 1 aliphatic heterocycles. The van der Waals surface area contributed by atoms with Crippen LogP contribution < -0.4 is 0 Å². The van der Waals surface area contributed by atoms with E-state index >= 15 is 0 Å². The van der Waals surface area contributed by atoms with Crippen LogP contribution in [-0.2, 0) is 11.0 Å². The summed E-state index contributed by atoms with van der Waals surface area (Å²) in [5, 5.41) is 3.87. The molecule has 1 aliphatic rings. The number of piperazine rings is 1. The van der Waals surface area contributed by atoms with Crippen molar-refractivity contribution >= 4 is 5.91 Å². The van der Waals surface area contributed by atoms with Gasteiger partial charge in [0, 0.05) is 38.2 Å². The molecule has 0 bridgehead atoms. The number of hydrogen-bond acceptors (Lipinski definition) is 5. The Hall–Kier alpha value is -2.42. The SMILES string of the molecule is CCCC(C)CC(=O)N1CCN(C(C)c2nc(-c3cccc(C(F)(F)F)c3)no2)CC1. The Morgan fingerprint density at radius 2 is 1.90 bits per heavy atom. The first-order valence-corrected chi connectivity index (χ1v) is 10.7. The van der Waals surface area contributed by atoms with E-state index in [4.69, 9.17) is 4.52 Å². The Balaban J connectivity index is 1.60. The molecule has 0 saturated carbocycles. The molecule has 0 spiro atoms. The van der Waals surface area contributed by atoms with Crippen LogP contribution in [0, 0.1) is 5.92 Å². The molecule has 0 aliphatic carbocycles. The monoisotopic (exact) mass is 438 g/mol. The molecule has 170 valence electrons. The summed E-state index contributed by atoms with van der Waals surface area (Å²) in [5.41, 5.74) is -0.493. The third-order valence-electron chi connectivity index (χ3n) is 5.77. The molecule has 2 atom stereocenters. The summed E-state index contributed by atoms with van der Waals surface area (Å²) in [6.45, 7) is 8.78. The molecule has 3 rings (SSSR count). The molecule has 1 aromatic heterocycles. The minimum absolute atomic E-state index is 0.131. The number of alkyl halides is 3. The van der Waals surface area contributed by atoms with Gasteiger partial charge in [-0.25, -0.2) is 0 Å². The zero-order valence-electron chi connectivity index (χ0n) is 18.2. The maximum absolute atomic E-state index is 13.0. The van der Waals surface area contributed by atoms with Crippen molar-refractivity contribution in [3.8, 4) is 11.4 Å². The lowest BCUT2D eigenvalue weighted by molar-refractivity contribution is -0.137. The zero-order valence-corrected chi connectivity index (χ0v) is 18.2. The molecule has 1 fully saturated rings. The predicted octanol–water partition coefficient (Wildman–Crippen LogP) is 4.79. The highest BCUT2D eigenvalue weighted by atomic mass is 19.4. The van der Waals surface area contributed by atoms with Crippen molar-refractivity contribution in [2.24, 2.45) is 5.92 Å². The summed E-state index contributed by atoms with van der Waals surface area (Å²) in [5.74, 6) is 1.07. The topological polar surface area (TPSA) is 62.5 Å². The van der Waals surface area contributed by atoms with Crippen LogP contribution in [0.4, 0.5) is 13.2 Å². The number of benzene rings is 1. The molecule has 0 radical (unpaired) electrons. The van der Waals surface area contributed by atoms with Crippen molar-refractivity contribution in [1.82, 2.24) is 19.9 Å². The highest BCUT2D eigenvalue weighted by molar-refractivity contribution is 5.76.